The van der Waals surface area contributed by atoms with Gasteiger partial charge in [-0.25, -0.2) is 0 Å². The van der Waals surface area contributed by atoms with Crippen molar-refractivity contribution in [2.24, 2.45) is 5.92 Å². The maximum Gasteiger partial charge on any atom is 0.269 e. The molecule has 1 amide bonds. The van der Waals surface area contributed by atoms with Gasteiger partial charge in [0.1, 0.15) is 5.75 Å². The number of amides is 1. The van der Waals surface area contributed by atoms with Crippen LogP contribution >= 0.6 is 0 Å². The molecule has 21 heavy (non-hydrogen) atoms. The van der Waals surface area contributed by atoms with Crippen LogP contribution in [0, 0.1) is 5.92 Å². The fourth-order valence-electron chi connectivity index (χ4n) is 2.86. The Bertz CT molecular complexity index is 741. The van der Waals surface area contributed by atoms with Crippen molar-refractivity contribution >= 4 is 17.4 Å². The zero-order chi connectivity index (χ0) is 14.4. The monoisotopic (exact) mass is 279 g/mol. The number of ether oxygens (including phenoxy) is 1. The van der Waals surface area contributed by atoms with E-state index in [0.29, 0.717) is 23.4 Å². The molecule has 0 spiro atoms. The van der Waals surface area contributed by atoms with Crippen LogP contribution in [0.5, 0.6) is 5.75 Å². The van der Waals surface area contributed by atoms with Gasteiger partial charge < -0.3 is 10.1 Å². The first-order valence-electron chi connectivity index (χ1n) is 6.89. The molecule has 4 rings (SSSR count). The van der Waals surface area contributed by atoms with Gasteiger partial charge in [-0.1, -0.05) is 30.3 Å². The van der Waals surface area contributed by atoms with Crippen molar-refractivity contribution < 1.29 is 14.3 Å². The normalized spacial score (nSPS) is 25.3. The number of para-hydroxylation sites is 2. The number of nitrogens with one attached hydrogen (secondary N) is 1. The van der Waals surface area contributed by atoms with Gasteiger partial charge in [0.2, 0.25) is 0 Å². The van der Waals surface area contributed by atoms with Crippen LogP contribution in [-0.4, -0.2) is 17.3 Å². The summed E-state index contributed by atoms with van der Waals surface area (Å²) < 4.78 is 5.87. The number of rotatable bonds is 2. The molecule has 1 aliphatic heterocycles. The number of hydrogen-bond donors (Lipinski definition) is 1. The van der Waals surface area contributed by atoms with Crippen LogP contribution < -0.4 is 10.1 Å². The van der Waals surface area contributed by atoms with Crippen LogP contribution in [0.1, 0.15) is 16.8 Å². The third kappa shape index (κ3) is 1.76. The van der Waals surface area contributed by atoms with Gasteiger partial charge in [-0.3, -0.25) is 9.59 Å². The van der Waals surface area contributed by atoms with Gasteiger partial charge in [0.15, 0.2) is 11.4 Å². The van der Waals surface area contributed by atoms with Crippen molar-refractivity contribution in [3.63, 3.8) is 0 Å². The van der Waals surface area contributed by atoms with Crippen molar-refractivity contribution in [1.29, 1.82) is 0 Å². The van der Waals surface area contributed by atoms with Crippen LogP contribution in [0.3, 0.4) is 0 Å². The zero-order valence-corrected chi connectivity index (χ0v) is 11.2. The molecule has 0 unspecified atom stereocenters. The lowest BCUT2D eigenvalue weighted by Gasteiger charge is -2.24. The molecule has 2 atom stereocenters. The summed E-state index contributed by atoms with van der Waals surface area (Å²) in [6, 6.07) is 16.3. The quantitative estimate of drug-likeness (QED) is 0.919. The number of ketones is 1. The maximum absolute atomic E-state index is 12.5. The highest BCUT2D eigenvalue weighted by Crippen LogP contribution is 2.54. The highest BCUT2D eigenvalue weighted by Gasteiger charge is 2.68. The van der Waals surface area contributed by atoms with Crippen LogP contribution in [0.4, 0.5) is 5.69 Å². The van der Waals surface area contributed by atoms with Crippen LogP contribution in [0.25, 0.3) is 0 Å². The fourth-order valence-corrected chi connectivity index (χ4v) is 2.86. The summed E-state index contributed by atoms with van der Waals surface area (Å²) >= 11 is 0. The third-order valence-corrected chi connectivity index (χ3v) is 4.09. The minimum atomic E-state index is -1.03. The lowest BCUT2D eigenvalue weighted by atomic mass is 10.0. The van der Waals surface area contributed by atoms with Crippen LogP contribution in [0.15, 0.2) is 54.6 Å². The van der Waals surface area contributed by atoms with E-state index in [0.717, 1.165) is 0 Å². The number of Topliss-reactive ketones (excluding diaryl/α,β-unsaturated/α-hetero) is 1. The SMILES string of the molecule is O=C1c2ccccc2O[C@]2(C(=O)Nc3ccccc3)C[C@@H]12. The molecule has 104 valence electrons. The first-order chi connectivity index (χ1) is 10.2. The van der Waals surface area contributed by atoms with Gasteiger partial charge >= 0.3 is 0 Å². The Kier molecular flexibility index (Phi) is 2.42. The van der Waals surface area contributed by atoms with Crippen molar-refractivity contribution in [3.05, 3.63) is 60.2 Å². The Balaban J connectivity index is 1.63. The third-order valence-electron chi connectivity index (χ3n) is 4.09. The molecule has 0 saturated heterocycles. The Morgan fingerprint density at radius 3 is 2.62 bits per heavy atom. The van der Waals surface area contributed by atoms with Crippen LogP contribution in [-0.2, 0) is 4.79 Å². The molecule has 0 bridgehead atoms. The molecule has 4 nitrogen and oxygen atoms in total. The van der Waals surface area contributed by atoms with Gasteiger partial charge in [0, 0.05) is 12.1 Å². The average molecular weight is 279 g/mol. The average Bonchev–Trinajstić information content (AvgIpc) is 3.25. The molecular formula is C17H13NO3. The summed E-state index contributed by atoms with van der Waals surface area (Å²) in [4.78, 5) is 24.9. The van der Waals surface area contributed by atoms with Crippen molar-refractivity contribution in [2.75, 3.05) is 5.32 Å². The second kappa shape index (κ2) is 4.19. The molecule has 0 radical (unpaired) electrons. The van der Waals surface area contributed by atoms with Gasteiger partial charge in [0.25, 0.3) is 5.91 Å². The second-order valence-corrected chi connectivity index (χ2v) is 5.43. The van der Waals surface area contributed by atoms with Crippen molar-refractivity contribution in [2.45, 2.75) is 12.0 Å². The highest BCUT2D eigenvalue weighted by atomic mass is 16.5. The first-order valence-corrected chi connectivity index (χ1v) is 6.89. The summed E-state index contributed by atoms with van der Waals surface area (Å²) in [6.45, 7) is 0. The lowest BCUT2D eigenvalue weighted by molar-refractivity contribution is -0.125. The smallest absolute Gasteiger partial charge is 0.269 e. The Hall–Kier alpha value is -2.62. The van der Waals surface area contributed by atoms with Gasteiger partial charge in [-0.15, -0.1) is 0 Å². The van der Waals surface area contributed by atoms with E-state index in [1.165, 1.54) is 0 Å². The van der Waals surface area contributed by atoms with E-state index >= 15 is 0 Å². The molecule has 1 saturated carbocycles. The molecule has 1 N–H and O–H groups in total. The Labute approximate surface area is 121 Å². The number of carbonyl (C=O) groups excluding carboxylic acids is 2. The summed E-state index contributed by atoms with van der Waals surface area (Å²) in [7, 11) is 0. The van der Waals surface area contributed by atoms with Gasteiger partial charge in [-0.2, -0.15) is 0 Å². The summed E-state index contributed by atoms with van der Waals surface area (Å²) in [5, 5.41) is 2.83. The first kappa shape index (κ1) is 12.1. The van der Waals surface area contributed by atoms with Gasteiger partial charge in [0.05, 0.1) is 11.5 Å². The highest BCUT2D eigenvalue weighted by molar-refractivity contribution is 6.13. The molecule has 2 aromatic carbocycles. The van der Waals surface area contributed by atoms with Crippen LogP contribution in [0.2, 0.25) is 0 Å². The molecule has 2 aliphatic rings. The molecule has 1 fully saturated rings. The minimum absolute atomic E-state index is 0.0000571. The standard InChI is InChI=1S/C17H13NO3/c19-15-12-8-4-5-9-14(12)21-17(10-13(15)17)16(20)18-11-6-2-1-3-7-11/h1-9,13H,10H2,(H,18,20)/t13-,17+/m0/s1. The molecule has 2 aromatic rings. The van der Waals surface area contributed by atoms with Crippen molar-refractivity contribution in [1.82, 2.24) is 0 Å². The molecular weight excluding hydrogens is 266 g/mol. The van der Waals surface area contributed by atoms with E-state index in [-0.39, 0.29) is 17.6 Å². The summed E-state index contributed by atoms with van der Waals surface area (Å²) in [6.07, 6.45) is 0.444. The van der Waals surface area contributed by atoms with E-state index in [1.807, 2.05) is 30.3 Å². The maximum atomic E-state index is 12.5. The summed E-state index contributed by atoms with van der Waals surface area (Å²) in [5.41, 5.74) is 0.252. The second-order valence-electron chi connectivity index (χ2n) is 5.43. The molecule has 1 heterocycles. The minimum Gasteiger partial charge on any atom is -0.476 e. The van der Waals surface area contributed by atoms with E-state index in [2.05, 4.69) is 5.32 Å². The number of hydrogen-bond acceptors (Lipinski definition) is 3. The van der Waals surface area contributed by atoms with E-state index < -0.39 is 5.60 Å². The number of fused-ring (bicyclic) bond motifs is 2. The largest absolute Gasteiger partial charge is 0.476 e. The molecule has 0 aromatic heterocycles. The van der Waals surface area contributed by atoms with E-state index in [9.17, 15) is 9.59 Å². The predicted molar refractivity (Wildman–Crippen MR) is 77.3 cm³/mol. The Morgan fingerprint density at radius 1 is 1.10 bits per heavy atom. The number of benzene rings is 2. The Morgan fingerprint density at radius 2 is 1.81 bits per heavy atom. The zero-order valence-electron chi connectivity index (χ0n) is 11.2. The molecule has 1 aliphatic carbocycles. The number of anilines is 1. The molecule has 4 heteroatoms. The summed E-state index contributed by atoms with van der Waals surface area (Å²) in [5.74, 6) is -0.114. The predicted octanol–water partition coefficient (Wildman–Crippen LogP) is 2.66. The van der Waals surface area contributed by atoms with E-state index in [4.69, 9.17) is 4.74 Å². The lowest BCUT2D eigenvalue weighted by Crippen LogP contribution is -2.41. The number of carbonyl (C=O) groups is 2. The topological polar surface area (TPSA) is 55.4 Å². The van der Waals surface area contributed by atoms with Crippen molar-refractivity contribution in [3.8, 4) is 5.75 Å². The van der Waals surface area contributed by atoms with E-state index in [1.54, 1.807) is 24.3 Å². The fraction of sp³-hybridized carbons (Fsp3) is 0.176. The van der Waals surface area contributed by atoms with Gasteiger partial charge in [-0.05, 0) is 24.3 Å².